The minimum Gasteiger partial charge on any atom is -0.327 e. The van der Waals surface area contributed by atoms with Gasteiger partial charge in [0.1, 0.15) is 5.82 Å². The molecule has 78 valence electrons. The highest BCUT2D eigenvalue weighted by atomic mass is 32.2. The van der Waals surface area contributed by atoms with Crippen molar-refractivity contribution < 1.29 is 8.60 Å². The number of hydrogen-bond acceptors (Lipinski definition) is 2. The van der Waals surface area contributed by atoms with E-state index in [1.165, 1.54) is 12.1 Å². The Balaban J connectivity index is 2.75. The summed E-state index contributed by atoms with van der Waals surface area (Å²) >= 11 is 0. The van der Waals surface area contributed by atoms with E-state index < -0.39 is 16.6 Å². The second kappa shape index (κ2) is 5.22. The first-order chi connectivity index (χ1) is 6.65. The van der Waals surface area contributed by atoms with E-state index in [0.29, 0.717) is 5.75 Å². The van der Waals surface area contributed by atoms with Gasteiger partial charge in [0.05, 0.1) is 15.7 Å². The summed E-state index contributed by atoms with van der Waals surface area (Å²) in [6.07, 6.45) is 0.750. The van der Waals surface area contributed by atoms with Gasteiger partial charge >= 0.3 is 0 Å². The van der Waals surface area contributed by atoms with Gasteiger partial charge in [-0.1, -0.05) is 19.1 Å². The maximum atomic E-state index is 13.2. The van der Waals surface area contributed by atoms with Crippen LogP contribution in [0.25, 0.3) is 0 Å². The predicted molar refractivity (Wildman–Crippen MR) is 55.9 cm³/mol. The van der Waals surface area contributed by atoms with Crippen molar-refractivity contribution in [1.29, 1.82) is 0 Å². The van der Waals surface area contributed by atoms with E-state index in [0.717, 1.165) is 6.42 Å². The zero-order valence-electron chi connectivity index (χ0n) is 8.07. The van der Waals surface area contributed by atoms with Crippen LogP contribution in [0.15, 0.2) is 29.2 Å². The molecule has 1 aromatic carbocycles. The molecule has 0 amide bonds. The molecule has 1 aromatic rings. The number of benzene rings is 1. The van der Waals surface area contributed by atoms with Gasteiger partial charge in [0, 0.05) is 11.8 Å². The van der Waals surface area contributed by atoms with Gasteiger partial charge in [-0.2, -0.15) is 0 Å². The third-order valence-corrected chi connectivity index (χ3v) is 3.52. The first-order valence-corrected chi connectivity index (χ1v) is 5.85. The molecule has 0 aliphatic heterocycles. The highest BCUT2D eigenvalue weighted by Gasteiger charge is 2.11. The molecule has 14 heavy (non-hydrogen) atoms. The molecule has 0 radical (unpaired) electrons. The van der Waals surface area contributed by atoms with E-state index in [1.54, 1.807) is 12.1 Å². The fraction of sp³-hybridized carbons (Fsp3) is 0.400. The van der Waals surface area contributed by atoms with Gasteiger partial charge in [0.15, 0.2) is 0 Å². The zero-order chi connectivity index (χ0) is 10.6. The number of nitrogens with two attached hydrogens (primary N) is 1. The molecule has 0 saturated heterocycles. The zero-order valence-corrected chi connectivity index (χ0v) is 8.89. The summed E-state index contributed by atoms with van der Waals surface area (Å²) in [6, 6.07) is 5.97. The predicted octanol–water partition coefficient (Wildman–Crippen LogP) is 1.67. The quantitative estimate of drug-likeness (QED) is 0.830. The average molecular weight is 215 g/mol. The van der Waals surface area contributed by atoms with Crippen LogP contribution in [-0.2, 0) is 10.8 Å². The number of halogens is 1. The van der Waals surface area contributed by atoms with Crippen LogP contribution in [0.2, 0.25) is 0 Å². The summed E-state index contributed by atoms with van der Waals surface area (Å²) in [5.74, 6) is -0.105. The van der Waals surface area contributed by atoms with Crippen LogP contribution < -0.4 is 5.73 Å². The third-order valence-electron chi connectivity index (χ3n) is 1.97. The van der Waals surface area contributed by atoms with Gasteiger partial charge in [0.25, 0.3) is 0 Å². The molecule has 0 bridgehead atoms. The first kappa shape index (κ1) is 11.3. The third kappa shape index (κ3) is 2.89. The Hall–Kier alpha value is -0.740. The topological polar surface area (TPSA) is 43.1 Å². The number of rotatable bonds is 4. The lowest BCUT2D eigenvalue weighted by Crippen LogP contribution is -2.26. The molecular weight excluding hydrogens is 201 g/mol. The van der Waals surface area contributed by atoms with Gasteiger partial charge in [-0.25, -0.2) is 4.39 Å². The highest BCUT2D eigenvalue weighted by molar-refractivity contribution is 7.85. The summed E-state index contributed by atoms with van der Waals surface area (Å²) in [5, 5.41) is 0. The molecular formula is C10H14FNOS. The fourth-order valence-corrected chi connectivity index (χ4v) is 2.35. The highest BCUT2D eigenvalue weighted by Crippen LogP contribution is 2.12. The normalized spacial score (nSPS) is 15.1. The van der Waals surface area contributed by atoms with Crippen LogP contribution >= 0.6 is 0 Å². The Labute approximate surface area is 85.8 Å². The van der Waals surface area contributed by atoms with Gasteiger partial charge in [-0.3, -0.25) is 4.21 Å². The Bertz CT molecular complexity index is 330. The molecule has 0 aliphatic rings. The lowest BCUT2D eigenvalue weighted by Gasteiger charge is -2.08. The lowest BCUT2D eigenvalue weighted by molar-refractivity contribution is 0.593. The summed E-state index contributed by atoms with van der Waals surface area (Å²) in [6.45, 7) is 1.92. The second-order valence-electron chi connectivity index (χ2n) is 3.11. The standard InChI is InChI=1S/C10H14FNOS/c1-2-8(12)7-14(13)10-6-4-3-5-9(10)11/h3-6,8H,2,7,12H2,1H3. The number of hydrogen-bond donors (Lipinski definition) is 1. The summed E-state index contributed by atoms with van der Waals surface area (Å²) in [4.78, 5) is 0.247. The van der Waals surface area contributed by atoms with Crippen LogP contribution in [0.4, 0.5) is 4.39 Å². The molecule has 2 N–H and O–H groups in total. The van der Waals surface area contributed by atoms with Crippen molar-refractivity contribution in [3.05, 3.63) is 30.1 Å². The molecule has 2 unspecified atom stereocenters. The maximum absolute atomic E-state index is 13.2. The van der Waals surface area contributed by atoms with E-state index in [-0.39, 0.29) is 10.9 Å². The molecule has 0 spiro atoms. The van der Waals surface area contributed by atoms with Gasteiger partial charge in [0.2, 0.25) is 0 Å². The van der Waals surface area contributed by atoms with Crippen LogP contribution in [0.3, 0.4) is 0 Å². The SMILES string of the molecule is CCC(N)CS(=O)c1ccccc1F. The van der Waals surface area contributed by atoms with E-state index in [2.05, 4.69) is 0 Å². The minimum absolute atomic E-state index is 0.129. The molecule has 0 aliphatic carbocycles. The largest absolute Gasteiger partial charge is 0.327 e. The average Bonchev–Trinajstić information content (AvgIpc) is 2.18. The van der Waals surface area contributed by atoms with Gasteiger partial charge < -0.3 is 5.73 Å². The van der Waals surface area contributed by atoms with E-state index in [9.17, 15) is 8.60 Å². The van der Waals surface area contributed by atoms with E-state index >= 15 is 0 Å². The van der Waals surface area contributed by atoms with E-state index in [4.69, 9.17) is 5.73 Å². The van der Waals surface area contributed by atoms with Crippen molar-refractivity contribution in [2.24, 2.45) is 5.73 Å². The molecule has 4 heteroatoms. The van der Waals surface area contributed by atoms with Gasteiger partial charge in [-0.05, 0) is 18.6 Å². The van der Waals surface area contributed by atoms with Crippen molar-refractivity contribution in [2.45, 2.75) is 24.3 Å². The Morgan fingerprint density at radius 2 is 2.14 bits per heavy atom. The van der Waals surface area contributed by atoms with Crippen molar-refractivity contribution in [1.82, 2.24) is 0 Å². The molecule has 2 nitrogen and oxygen atoms in total. The van der Waals surface area contributed by atoms with Crippen molar-refractivity contribution in [3.8, 4) is 0 Å². The molecule has 2 atom stereocenters. The second-order valence-corrected chi connectivity index (χ2v) is 4.58. The lowest BCUT2D eigenvalue weighted by atomic mass is 10.3. The van der Waals surface area contributed by atoms with Crippen molar-refractivity contribution >= 4 is 10.8 Å². The summed E-state index contributed by atoms with van der Waals surface area (Å²) in [5.41, 5.74) is 5.65. The molecule has 0 saturated carbocycles. The van der Waals surface area contributed by atoms with Crippen molar-refractivity contribution in [3.63, 3.8) is 0 Å². The fourth-order valence-electron chi connectivity index (χ4n) is 1.03. The maximum Gasteiger partial charge on any atom is 0.139 e. The van der Waals surface area contributed by atoms with Crippen LogP contribution in [0.1, 0.15) is 13.3 Å². The Morgan fingerprint density at radius 1 is 1.50 bits per heavy atom. The van der Waals surface area contributed by atoms with Crippen molar-refractivity contribution in [2.75, 3.05) is 5.75 Å². The van der Waals surface area contributed by atoms with Crippen LogP contribution in [0, 0.1) is 5.82 Å². The summed E-state index contributed by atoms with van der Waals surface area (Å²) < 4.78 is 24.8. The molecule has 0 aromatic heterocycles. The molecule has 0 heterocycles. The summed E-state index contributed by atoms with van der Waals surface area (Å²) in [7, 11) is -1.32. The van der Waals surface area contributed by atoms with Crippen LogP contribution in [0.5, 0.6) is 0 Å². The Kier molecular flexibility index (Phi) is 4.22. The smallest absolute Gasteiger partial charge is 0.139 e. The first-order valence-electron chi connectivity index (χ1n) is 4.53. The van der Waals surface area contributed by atoms with Crippen LogP contribution in [-0.4, -0.2) is 16.0 Å². The Morgan fingerprint density at radius 3 is 2.71 bits per heavy atom. The van der Waals surface area contributed by atoms with Gasteiger partial charge in [-0.15, -0.1) is 0 Å². The van der Waals surface area contributed by atoms with E-state index in [1.807, 2.05) is 6.92 Å². The molecule has 1 rings (SSSR count). The minimum atomic E-state index is -1.32. The molecule has 0 fully saturated rings. The monoisotopic (exact) mass is 215 g/mol.